The molecule has 21 aromatic rings. The van der Waals surface area contributed by atoms with Crippen LogP contribution in [0, 0.1) is 128 Å². The molecular weight excluding hydrogens is 2120 g/mol. The maximum Gasteiger partial charge on any atom is 3.00 e. The summed E-state index contributed by atoms with van der Waals surface area (Å²) in [5.41, 5.74) is 33.3. The molecule has 20 nitrogen and oxygen atoms in total. The predicted molar refractivity (Wildman–Crippen MR) is 559 cm³/mol. The first-order valence-corrected chi connectivity index (χ1v) is 49.5. The largest absolute Gasteiger partial charge is 3.00 e. The van der Waals surface area contributed by atoms with E-state index in [1.807, 2.05) is 194 Å². The summed E-state index contributed by atoms with van der Waals surface area (Å²) < 4.78 is 1.17. The Morgan fingerprint density at radius 3 is 0.640 bits per heavy atom. The molecule has 0 radical (unpaired) electrons. The fraction of sp³-hybridized carbons (Fsp3) is 0.0435. The Morgan fingerprint density at radius 1 is 0.223 bits per heavy atom. The molecule has 6 aliphatic rings. The van der Waals surface area contributed by atoms with E-state index in [-0.39, 0.29) is 98.8 Å². The molecule has 6 aliphatic heterocycles. The minimum absolute atomic E-state index is 0. The fourth-order valence-electron chi connectivity index (χ4n) is 18.2. The van der Waals surface area contributed by atoms with Crippen molar-refractivity contribution in [3.63, 3.8) is 0 Å². The number of fused-ring (bicyclic) bond motifs is 48. The van der Waals surface area contributed by atoms with E-state index in [4.69, 9.17) is 99.7 Å². The Labute approximate surface area is 892 Å². The molecule has 12 aromatic carbocycles. The van der Waals surface area contributed by atoms with Crippen molar-refractivity contribution in [1.29, 1.82) is 0 Å². The SMILES string of the molecule is Cc1ccc(-c2c3nc(c(-c4ccc(C#C[Si](C)(C)C)cc4)c4ccc([n-]4)c(-c4ccc(C)cc4)c4nc(c(-c5ccc(I)cc5)c5ccc2[n-]5)C=C4)C=C3)cc1.[Eu+3].[Eu+3].c1ccc2c(c1)-c1nc-2nc2[n-]c(nc3nc(nc4[n-]c(n1)c1ccccc41)-c1ccccc1-3)c1ccccc21.c1ccc2c(c1)-c1nc-2nc2[n-]c(nc3nc(nc4[n-]c(n1)c1ccccc41)-c1ccccc1-3)c1ccccc21. The van der Waals surface area contributed by atoms with E-state index in [1.165, 1.54) is 14.7 Å². The fourth-order valence-corrected chi connectivity index (χ4v) is 19.1. The molecule has 0 aliphatic carbocycles. The molecule has 139 heavy (non-hydrogen) atoms. The summed E-state index contributed by atoms with van der Waals surface area (Å²) >= 11 is 2.36. The van der Waals surface area contributed by atoms with Crippen LogP contribution in [-0.4, -0.2) is 77.8 Å². The average molecular weight is 2190 g/mol. The number of halogens is 1. The van der Waals surface area contributed by atoms with E-state index in [0.717, 1.165) is 183 Å². The van der Waals surface area contributed by atoms with Gasteiger partial charge in [0.1, 0.15) is 8.07 Å². The molecule has 0 spiro atoms. The van der Waals surface area contributed by atoms with Gasteiger partial charge in [0.15, 0.2) is 0 Å². The van der Waals surface area contributed by atoms with Crippen LogP contribution in [0.1, 0.15) is 39.5 Å². The molecular formula is C115H71Eu2IN20Si. The number of hydrogen-bond acceptors (Lipinski definition) is 14. The van der Waals surface area contributed by atoms with Gasteiger partial charge in [0, 0.05) is 98.8 Å². The Bertz CT molecular complexity index is 8390. The molecule has 0 saturated carbocycles. The first kappa shape index (κ1) is 88.6. The summed E-state index contributed by atoms with van der Waals surface area (Å²) in [4.78, 5) is 100. The Morgan fingerprint density at radius 2 is 0.424 bits per heavy atom. The Hall–Kier alpha value is -14.4. The summed E-state index contributed by atoms with van der Waals surface area (Å²) in [6, 6.07) is 107. The smallest absolute Gasteiger partial charge is 0.657 e. The van der Waals surface area contributed by atoms with Gasteiger partial charge in [0.25, 0.3) is 0 Å². The molecule has 0 atom stereocenters. The third-order valence-corrected chi connectivity index (χ3v) is 26.4. The summed E-state index contributed by atoms with van der Waals surface area (Å²) in [6.07, 6.45) is 8.47. The predicted octanol–water partition coefficient (Wildman–Crippen LogP) is 25.3. The molecule has 0 saturated heterocycles. The topological polar surface area (TPSA) is 265 Å². The van der Waals surface area contributed by atoms with Gasteiger partial charge >= 0.3 is 98.8 Å². The van der Waals surface area contributed by atoms with Gasteiger partial charge in [0.05, 0.1) is 69.4 Å². The molecule has 27 rings (SSSR count). The second kappa shape index (κ2) is 36.5. The van der Waals surface area contributed by atoms with E-state index in [0.29, 0.717) is 91.8 Å². The number of rotatable bonds is 4. The van der Waals surface area contributed by atoms with Crippen LogP contribution < -0.4 is 29.9 Å². The molecule has 0 fully saturated rings. The standard InChI is InChI=1S/C51H39IN4Si.2C32H16N8.2Eu/c1-32-6-12-35(13-7-32)48-40-22-26-44(53-40)50(37-16-10-34(11-17-37)30-31-57(3,4)5)45-27-23-41(54-45)49(36-14-8-33(2)9-15-36)43-25-29-47(56-43)51(46-28-24-42(48)55-46)38-18-20-39(52)21-19-38;2*1-2-10-18-17(9-1)25-33-26(18)38-28-21-13-5-6-14-22(21)30(35-28)40-32-24-16-8-7-15-23(24)31(36-32)39-29-20-12-4-3-11-19(20)27(34-29)37-25;;/h6-29H,1-5H3;2*1-16H;;/q3*-2;2*+3. The Balaban J connectivity index is 0.000000118. The van der Waals surface area contributed by atoms with Gasteiger partial charge in [-0.25, -0.2) is 29.9 Å². The summed E-state index contributed by atoms with van der Waals surface area (Å²) in [5, 5.41) is 7.15. The minimum atomic E-state index is -1.53. The van der Waals surface area contributed by atoms with Gasteiger partial charge in [-0.05, 0) is 173 Å². The van der Waals surface area contributed by atoms with Gasteiger partial charge in [-0.2, -0.15) is 0 Å². The number of hydrogen-bond donors (Lipinski definition) is 0. The molecule has 0 unspecified atom stereocenters. The van der Waals surface area contributed by atoms with Crippen LogP contribution in [0.25, 0.3) is 270 Å². The molecule has 24 heteroatoms. The zero-order valence-electron chi connectivity index (χ0n) is 74.9. The van der Waals surface area contributed by atoms with E-state index >= 15 is 0 Å². The van der Waals surface area contributed by atoms with Crippen LogP contribution in [0.4, 0.5) is 0 Å². The van der Waals surface area contributed by atoms with Gasteiger partial charge in [-0.3, -0.25) is 0 Å². The van der Waals surface area contributed by atoms with E-state index in [9.17, 15) is 0 Å². The van der Waals surface area contributed by atoms with Crippen molar-refractivity contribution >= 4 is 165 Å². The summed E-state index contributed by atoms with van der Waals surface area (Å²) in [6.45, 7) is 11.0. The van der Waals surface area contributed by atoms with Gasteiger partial charge in [0.2, 0.25) is 0 Å². The maximum atomic E-state index is 5.42. The van der Waals surface area contributed by atoms with Gasteiger partial charge < -0.3 is 69.8 Å². The van der Waals surface area contributed by atoms with Crippen LogP contribution in [0.2, 0.25) is 19.6 Å². The van der Waals surface area contributed by atoms with Crippen molar-refractivity contribution < 1.29 is 98.8 Å². The minimum Gasteiger partial charge on any atom is -0.657 e. The third-order valence-electron chi connectivity index (χ3n) is 24.8. The second-order valence-corrected chi connectivity index (χ2v) is 41.0. The van der Waals surface area contributed by atoms with Crippen LogP contribution in [-0.2, 0) is 0 Å². The first-order valence-electron chi connectivity index (χ1n) is 44.9. The number of aromatic nitrogens is 20. The van der Waals surface area contributed by atoms with Crippen LogP contribution >= 0.6 is 22.6 Å². The maximum absolute atomic E-state index is 5.42. The van der Waals surface area contributed by atoms with Crippen molar-refractivity contribution in [2.24, 2.45) is 0 Å². The number of benzene rings is 12. The van der Waals surface area contributed by atoms with Crippen LogP contribution in [0.15, 0.2) is 315 Å². The molecule has 0 N–H and O–H groups in total. The van der Waals surface area contributed by atoms with Crippen molar-refractivity contribution in [2.45, 2.75) is 33.5 Å². The molecule has 24 bridgehead atoms. The molecule has 15 heterocycles. The normalized spacial score (nSPS) is 11.9. The third kappa shape index (κ3) is 16.6. The Kier molecular flexibility index (Phi) is 23.3. The second-order valence-electron chi connectivity index (χ2n) is 35.0. The van der Waals surface area contributed by atoms with E-state index < -0.39 is 8.07 Å². The summed E-state index contributed by atoms with van der Waals surface area (Å²) in [7, 11) is -1.53. The van der Waals surface area contributed by atoms with Crippen molar-refractivity contribution in [3.05, 3.63) is 358 Å². The summed E-state index contributed by atoms with van der Waals surface area (Å²) in [5.74, 6) is 7.83. The quantitative estimate of drug-likeness (QED) is 0.0900. The monoisotopic (exact) mass is 2190 g/mol. The van der Waals surface area contributed by atoms with Crippen molar-refractivity contribution in [3.8, 4) is 147 Å². The first-order chi connectivity index (χ1) is 67.2. The number of nitrogens with zero attached hydrogens (tertiary/aromatic N) is 20. The van der Waals surface area contributed by atoms with Gasteiger partial charge in [-0.15, -0.1) is 27.6 Å². The molecule has 656 valence electrons. The zero-order valence-corrected chi connectivity index (χ0v) is 82.9. The van der Waals surface area contributed by atoms with E-state index in [1.54, 1.807) is 0 Å². The average Bonchev–Trinajstić information content (AvgIpc) is 1.76. The molecule has 0 amide bonds. The van der Waals surface area contributed by atoms with E-state index in [2.05, 4.69) is 213 Å². The van der Waals surface area contributed by atoms with Gasteiger partial charge in [-0.1, -0.05) is 328 Å². The zero-order chi connectivity index (χ0) is 91.7. The number of aryl methyl sites for hydroxylation is 2. The van der Waals surface area contributed by atoms with Crippen LogP contribution in [0.5, 0.6) is 0 Å². The van der Waals surface area contributed by atoms with Crippen LogP contribution in [0.3, 0.4) is 0 Å². The molecule has 9 aromatic heterocycles. The van der Waals surface area contributed by atoms with Crippen molar-refractivity contribution in [2.75, 3.05) is 0 Å². The van der Waals surface area contributed by atoms with Crippen molar-refractivity contribution in [1.82, 2.24) is 99.7 Å².